The van der Waals surface area contributed by atoms with Crippen molar-refractivity contribution in [3.63, 3.8) is 0 Å². The van der Waals surface area contributed by atoms with Crippen molar-refractivity contribution in [1.82, 2.24) is 9.97 Å². The summed E-state index contributed by atoms with van der Waals surface area (Å²) >= 11 is 1.62. The van der Waals surface area contributed by atoms with Gasteiger partial charge in [-0.1, -0.05) is 12.1 Å². The quantitative estimate of drug-likeness (QED) is 0.770. The Hall–Kier alpha value is -2.73. The predicted molar refractivity (Wildman–Crippen MR) is 102 cm³/mol. The minimum Gasteiger partial charge on any atom is -0.316 e. The number of hydrogen-bond donors (Lipinski definition) is 1. The van der Waals surface area contributed by atoms with Crippen LogP contribution in [0.2, 0.25) is 0 Å². The number of nitrogens with zero attached hydrogens (tertiary/aromatic N) is 3. The fraction of sp³-hybridized carbons (Fsp3) is 0.211. The Balaban J connectivity index is 1.64. The average molecular weight is 350 g/mol. The predicted octanol–water partition coefficient (Wildman–Crippen LogP) is 4.17. The molecule has 0 radical (unpaired) electrons. The first kappa shape index (κ1) is 15.8. The van der Waals surface area contributed by atoms with Gasteiger partial charge in [-0.25, -0.2) is 9.97 Å². The SMILES string of the molecule is CC(=O)N1CCc2cc(-c3nc(Nc4ccccn4)sc3C)ccc21. The summed E-state index contributed by atoms with van der Waals surface area (Å²) in [5.41, 5.74) is 4.30. The molecule has 0 saturated carbocycles. The lowest BCUT2D eigenvalue weighted by atomic mass is 10.1. The lowest BCUT2D eigenvalue weighted by molar-refractivity contribution is -0.116. The van der Waals surface area contributed by atoms with Crippen LogP contribution in [0.4, 0.5) is 16.6 Å². The first-order chi connectivity index (χ1) is 12.1. The Kier molecular flexibility index (Phi) is 3.97. The molecule has 126 valence electrons. The number of fused-ring (bicyclic) bond motifs is 1. The molecule has 3 heterocycles. The van der Waals surface area contributed by atoms with E-state index in [1.165, 1.54) is 5.56 Å². The summed E-state index contributed by atoms with van der Waals surface area (Å²) in [6.07, 6.45) is 2.65. The van der Waals surface area contributed by atoms with Crippen LogP contribution in [0, 0.1) is 6.92 Å². The van der Waals surface area contributed by atoms with Gasteiger partial charge in [0.1, 0.15) is 5.82 Å². The molecule has 1 aliphatic heterocycles. The van der Waals surface area contributed by atoms with E-state index < -0.39 is 0 Å². The first-order valence-electron chi connectivity index (χ1n) is 8.19. The zero-order valence-corrected chi connectivity index (χ0v) is 14.9. The standard InChI is InChI=1S/C19H18N4OS/c1-12-18(22-19(25-12)21-17-5-3-4-9-20-17)15-6-7-16-14(11-15)8-10-23(16)13(2)24/h3-7,9,11H,8,10H2,1-2H3,(H,20,21,22). The molecule has 5 nitrogen and oxygen atoms in total. The van der Waals surface area contributed by atoms with Gasteiger partial charge in [0.05, 0.1) is 5.69 Å². The zero-order chi connectivity index (χ0) is 17.4. The van der Waals surface area contributed by atoms with Crippen LogP contribution in [-0.4, -0.2) is 22.4 Å². The van der Waals surface area contributed by atoms with Crippen molar-refractivity contribution in [2.75, 3.05) is 16.8 Å². The third kappa shape index (κ3) is 3.00. The molecule has 0 fully saturated rings. The lowest BCUT2D eigenvalue weighted by Crippen LogP contribution is -2.25. The third-order valence-electron chi connectivity index (χ3n) is 4.33. The summed E-state index contributed by atoms with van der Waals surface area (Å²) in [7, 11) is 0. The number of thiazole rings is 1. The van der Waals surface area contributed by atoms with E-state index in [1.54, 1.807) is 24.5 Å². The van der Waals surface area contributed by atoms with Gasteiger partial charge in [0, 0.05) is 35.8 Å². The topological polar surface area (TPSA) is 58.1 Å². The van der Waals surface area contributed by atoms with Crippen LogP contribution in [0.1, 0.15) is 17.4 Å². The number of nitrogens with one attached hydrogen (secondary N) is 1. The van der Waals surface area contributed by atoms with Crippen LogP contribution < -0.4 is 10.2 Å². The molecule has 0 spiro atoms. The van der Waals surface area contributed by atoms with Crippen LogP contribution in [0.5, 0.6) is 0 Å². The van der Waals surface area contributed by atoms with Crippen LogP contribution in [-0.2, 0) is 11.2 Å². The van der Waals surface area contributed by atoms with Gasteiger partial charge in [-0.2, -0.15) is 0 Å². The Labute approximate surface area is 150 Å². The minimum atomic E-state index is 0.0955. The molecule has 0 unspecified atom stereocenters. The second-order valence-electron chi connectivity index (χ2n) is 6.03. The van der Waals surface area contributed by atoms with Crippen LogP contribution in [0.3, 0.4) is 0 Å². The van der Waals surface area contributed by atoms with Crippen molar-refractivity contribution in [1.29, 1.82) is 0 Å². The number of amides is 1. The molecule has 0 atom stereocenters. The highest BCUT2D eigenvalue weighted by molar-refractivity contribution is 7.16. The lowest BCUT2D eigenvalue weighted by Gasteiger charge is -2.14. The molecular weight excluding hydrogens is 332 g/mol. The van der Waals surface area contributed by atoms with Crippen LogP contribution >= 0.6 is 11.3 Å². The van der Waals surface area contributed by atoms with Gasteiger partial charge in [-0.15, -0.1) is 11.3 Å². The first-order valence-corrected chi connectivity index (χ1v) is 9.00. The third-order valence-corrected chi connectivity index (χ3v) is 5.21. The van der Waals surface area contributed by atoms with E-state index >= 15 is 0 Å². The molecule has 1 aliphatic rings. The Morgan fingerprint density at radius 2 is 2.16 bits per heavy atom. The maximum atomic E-state index is 11.7. The summed E-state index contributed by atoms with van der Waals surface area (Å²) in [4.78, 5) is 23.7. The summed E-state index contributed by atoms with van der Waals surface area (Å²) in [6, 6.07) is 12.0. The van der Waals surface area contributed by atoms with Gasteiger partial charge in [-0.3, -0.25) is 4.79 Å². The highest BCUT2D eigenvalue weighted by Gasteiger charge is 2.23. The molecule has 0 aliphatic carbocycles. The van der Waals surface area contributed by atoms with E-state index in [0.29, 0.717) is 0 Å². The summed E-state index contributed by atoms with van der Waals surface area (Å²) in [6.45, 7) is 4.45. The average Bonchev–Trinajstić information content (AvgIpc) is 3.18. The molecule has 3 aromatic rings. The molecule has 4 rings (SSSR count). The van der Waals surface area contributed by atoms with Gasteiger partial charge in [0.25, 0.3) is 0 Å². The monoisotopic (exact) mass is 350 g/mol. The second-order valence-corrected chi connectivity index (χ2v) is 7.23. The fourth-order valence-corrected chi connectivity index (χ4v) is 3.98. The molecule has 6 heteroatoms. The number of aromatic nitrogens is 2. The number of carbonyl (C=O) groups is 1. The molecule has 25 heavy (non-hydrogen) atoms. The zero-order valence-electron chi connectivity index (χ0n) is 14.1. The highest BCUT2D eigenvalue weighted by Crippen LogP contribution is 2.36. The number of pyridine rings is 1. The Bertz CT molecular complexity index is 936. The molecule has 0 saturated heterocycles. The molecular formula is C19H18N4OS. The van der Waals surface area contributed by atoms with Crippen molar-refractivity contribution in [3.8, 4) is 11.3 Å². The number of rotatable bonds is 3. The van der Waals surface area contributed by atoms with Gasteiger partial charge >= 0.3 is 0 Å². The Morgan fingerprint density at radius 1 is 1.28 bits per heavy atom. The van der Waals surface area contributed by atoms with Gasteiger partial charge < -0.3 is 10.2 Å². The minimum absolute atomic E-state index is 0.0955. The molecule has 1 aromatic carbocycles. The molecule has 2 aromatic heterocycles. The van der Waals surface area contributed by atoms with E-state index in [-0.39, 0.29) is 5.91 Å². The van der Waals surface area contributed by atoms with E-state index in [2.05, 4.69) is 23.3 Å². The van der Waals surface area contributed by atoms with E-state index in [1.807, 2.05) is 35.2 Å². The number of benzene rings is 1. The maximum Gasteiger partial charge on any atom is 0.223 e. The van der Waals surface area contributed by atoms with Gasteiger partial charge in [0.2, 0.25) is 5.91 Å². The normalized spacial score (nSPS) is 13.0. The number of hydrogen-bond acceptors (Lipinski definition) is 5. The largest absolute Gasteiger partial charge is 0.316 e. The van der Waals surface area contributed by atoms with E-state index in [9.17, 15) is 4.79 Å². The van der Waals surface area contributed by atoms with Crippen LogP contribution in [0.25, 0.3) is 11.3 Å². The van der Waals surface area contributed by atoms with Crippen molar-refractivity contribution in [3.05, 3.63) is 53.0 Å². The molecule has 0 bridgehead atoms. The molecule has 1 amide bonds. The van der Waals surface area contributed by atoms with Crippen molar-refractivity contribution in [2.45, 2.75) is 20.3 Å². The van der Waals surface area contributed by atoms with Crippen molar-refractivity contribution >= 4 is 33.9 Å². The van der Waals surface area contributed by atoms with Crippen molar-refractivity contribution < 1.29 is 4.79 Å². The Morgan fingerprint density at radius 3 is 2.92 bits per heavy atom. The van der Waals surface area contributed by atoms with Gasteiger partial charge in [-0.05, 0) is 43.2 Å². The number of aryl methyl sites for hydroxylation is 1. The van der Waals surface area contributed by atoms with Crippen LogP contribution in [0.15, 0.2) is 42.6 Å². The highest BCUT2D eigenvalue weighted by atomic mass is 32.1. The maximum absolute atomic E-state index is 11.7. The summed E-state index contributed by atoms with van der Waals surface area (Å²) in [5.74, 6) is 0.882. The smallest absolute Gasteiger partial charge is 0.223 e. The summed E-state index contributed by atoms with van der Waals surface area (Å²) in [5, 5.41) is 4.08. The van der Waals surface area contributed by atoms with E-state index in [0.717, 1.165) is 45.7 Å². The summed E-state index contributed by atoms with van der Waals surface area (Å²) < 4.78 is 0. The number of carbonyl (C=O) groups excluding carboxylic acids is 1. The van der Waals surface area contributed by atoms with Crippen molar-refractivity contribution in [2.24, 2.45) is 0 Å². The number of anilines is 3. The van der Waals surface area contributed by atoms with E-state index in [4.69, 9.17) is 4.98 Å². The fourth-order valence-electron chi connectivity index (χ4n) is 3.14. The second kappa shape index (κ2) is 6.29. The van der Waals surface area contributed by atoms with Gasteiger partial charge in [0.15, 0.2) is 5.13 Å². The molecule has 1 N–H and O–H groups in total.